The van der Waals surface area contributed by atoms with Gasteiger partial charge in [-0.2, -0.15) is 4.98 Å². The van der Waals surface area contributed by atoms with E-state index in [0.29, 0.717) is 15.6 Å². The van der Waals surface area contributed by atoms with E-state index >= 15 is 0 Å². The molecule has 0 aliphatic rings. The van der Waals surface area contributed by atoms with E-state index in [9.17, 15) is 9.90 Å². The maximum Gasteiger partial charge on any atom is 0.269 e. The molecule has 0 saturated heterocycles. The van der Waals surface area contributed by atoms with Crippen molar-refractivity contribution >= 4 is 39.1 Å². The Labute approximate surface area is 121 Å². The zero-order chi connectivity index (χ0) is 13.3. The van der Waals surface area contributed by atoms with E-state index in [-0.39, 0.29) is 22.6 Å². The summed E-state index contributed by atoms with van der Waals surface area (Å²) in [6.07, 6.45) is 0.231. The average molecular weight is 350 g/mol. The van der Waals surface area contributed by atoms with Crippen molar-refractivity contribution in [3.8, 4) is 5.88 Å². The monoisotopic (exact) mass is 348 g/mol. The van der Waals surface area contributed by atoms with Gasteiger partial charge in [0.15, 0.2) is 0 Å². The van der Waals surface area contributed by atoms with E-state index in [1.807, 2.05) is 0 Å². The molecule has 0 atom stereocenters. The van der Waals surface area contributed by atoms with E-state index in [0.717, 1.165) is 0 Å². The summed E-state index contributed by atoms with van der Waals surface area (Å²) in [5.41, 5.74) is 0.186. The average Bonchev–Trinajstić information content (AvgIpc) is 2.31. The predicted molar refractivity (Wildman–Crippen MR) is 73.5 cm³/mol. The molecule has 0 aliphatic carbocycles. The third-order valence-electron chi connectivity index (χ3n) is 2.30. The molecule has 0 radical (unpaired) electrons. The van der Waals surface area contributed by atoms with Crippen LogP contribution < -0.4 is 5.56 Å². The molecule has 0 unspecified atom stereocenters. The molecule has 2 aromatic rings. The van der Waals surface area contributed by atoms with Crippen LogP contribution in [0.5, 0.6) is 5.88 Å². The number of nitrogens with zero attached hydrogens (tertiary/aromatic N) is 1. The van der Waals surface area contributed by atoms with E-state index in [2.05, 4.69) is 25.9 Å². The first kappa shape index (κ1) is 13.4. The molecule has 4 nitrogen and oxygen atoms in total. The van der Waals surface area contributed by atoms with Gasteiger partial charge < -0.3 is 10.1 Å². The molecule has 1 aromatic carbocycles. The highest BCUT2D eigenvalue weighted by Gasteiger charge is 2.11. The largest absolute Gasteiger partial charge is 0.492 e. The Kier molecular flexibility index (Phi) is 3.94. The van der Waals surface area contributed by atoms with E-state index in [1.54, 1.807) is 18.2 Å². The highest BCUT2D eigenvalue weighted by atomic mass is 79.9. The maximum absolute atomic E-state index is 11.5. The maximum atomic E-state index is 11.5. The van der Waals surface area contributed by atoms with Crippen molar-refractivity contribution in [1.29, 1.82) is 0 Å². The van der Waals surface area contributed by atoms with E-state index < -0.39 is 5.56 Å². The molecule has 94 valence electrons. The molecule has 0 fully saturated rings. The summed E-state index contributed by atoms with van der Waals surface area (Å²) < 4.78 is -0.00324. The van der Waals surface area contributed by atoms with Crippen molar-refractivity contribution in [1.82, 2.24) is 9.97 Å². The highest BCUT2D eigenvalue weighted by Crippen LogP contribution is 2.26. The summed E-state index contributed by atoms with van der Waals surface area (Å²) in [4.78, 5) is 17.8. The Morgan fingerprint density at radius 1 is 1.33 bits per heavy atom. The molecule has 2 N–H and O–H groups in total. The molecule has 7 heteroatoms. The first-order chi connectivity index (χ1) is 8.49. The van der Waals surface area contributed by atoms with Gasteiger partial charge in [-0.05, 0) is 33.6 Å². The zero-order valence-corrected chi connectivity index (χ0v) is 12.0. The number of halogens is 3. The molecule has 18 heavy (non-hydrogen) atoms. The van der Waals surface area contributed by atoms with Crippen molar-refractivity contribution in [3.05, 3.63) is 54.5 Å². The van der Waals surface area contributed by atoms with Crippen LogP contribution in [0.1, 0.15) is 11.4 Å². The zero-order valence-electron chi connectivity index (χ0n) is 8.88. The second-order valence-electron chi connectivity index (χ2n) is 3.53. The summed E-state index contributed by atoms with van der Waals surface area (Å²) in [5, 5.41) is 10.4. The molecular weight excluding hydrogens is 343 g/mol. The Hall–Kier alpha value is -1.04. The van der Waals surface area contributed by atoms with E-state index in [1.165, 1.54) is 0 Å². The fourth-order valence-corrected chi connectivity index (χ4v) is 2.16. The van der Waals surface area contributed by atoms with Crippen molar-refractivity contribution in [2.45, 2.75) is 6.42 Å². The summed E-state index contributed by atoms with van der Waals surface area (Å²) in [6, 6.07) is 5.11. The lowest BCUT2D eigenvalue weighted by Crippen LogP contribution is -2.12. The summed E-state index contributed by atoms with van der Waals surface area (Å²) in [7, 11) is 0. The summed E-state index contributed by atoms with van der Waals surface area (Å²) in [6.45, 7) is 0. The fourth-order valence-electron chi connectivity index (χ4n) is 1.44. The van der Waals surface area contributed by atoms with E-state index in [4.69, 9.17) is 23.2 Å². The molecule has 1 aromatic heterocycles. The van der Waals surface area contributed by atoms with Gasteiger partial charge in [-0.1, -0.05) is 29.3 Å². The normalized spacial score (nSPS) is 10.6. The number of hydrogen-bond donors (Lipinski definition) is 2. The first-order valence-corrected chi connectivity index (χ1v) is 6.44. The lowest BCUT2D eigenvalue weighted by Gasteiger charge is -2.06. The number of nitrogens with one attached hydrogen (secondary N) is 1. The number of rotatable bonds is 2. The van der Waals surface area contributed by atoms with Crippen LogP contribution in [0, 0.1) is 0 Å². The minimum atomic E-state index is -0.458. The van der Waals surface area contributed by atoms with Gasteiger partial charge in [0.25, 0.3) is 5.56 Å². The summed E-state index contributed by atoms with van der Waals surface area (Å²) >= 11 is 14.9. The molecule has 2 rings (SSSR count). The fraction of sp³-hybridized carbons (Fsp3) is 0.0909. The van der Waals surface area contributed by atoms with Gasteiger partial charge in [-0.25, -0.2) is 0 Å². The van der Waals surface area contributed by atoms with Crippen molar-refractivity contribution in [2.75, 3.05) is 0 Å². The minimum absolute atomic E-state index is 0.00324. The number of benzene rings is 1. The van der Waals surface area contributed by atoms with Crippen molar-refractivity contribution in [2.24, 2.45) is 0 Å². The number of aromatic hydroxyl groups is 1. The van der Waals surface area contributed by atoms with Crippen LogP contribution in [0.4, 0.5) is 0 Å². The highest BCUT2D eigenvalue weighted by molar-refractivity contribution is 9.10. The van der Waals surface area contributed by atoms with Crippen molar-refractivity contribution < 1.29 is 5.11 Å². The van der Waals surface area contributed by atoms with Crippen LogP contribution in [-0.4, -0.2) is 15.1 Å². The van der Waals surface area contributed by atoms with Gasteiger partial charge in [-0.3, -0.25) is 4.79 Å². The molecule has 1 heterocycles. The second kappa shape index (κ2) is 5.30. The third kappa shape index (κ3) is 2.68. The lowest BCUT2D eigenvalue weighted by atomic mass is 10.1. The molecular formula is C11H7BrCl2N2O2. The first-order valence-electron chi connectivity index (χ1n) is 4.89. The van der Waals surface area contributed by atoms with Crippen LogP contribution in [0.15, 0.2) is 27.5 Å². The van der Waals surface area contributed by atoms with Crippen LogP contribution in [0.3, 0.4) is 0 Å². The molecule has 0 aliphatic heterocycles. The minimum Gasteiger partial charge on any atom is -0.492 e. The molecule has 0 saturated carbocycles. The molecule has 0 amide bonds. The quantitative estimate of drug-likeness (QED) is 0.875. The predicted octanol–water partition coefficient (Wildman–Crippen LogP) is 3.14. The standard InChI is InChI=1S/C11H7BrCl2N2O2/c12-9-10(17)15-8(16-11(9)18)4-5-6(13)2-1-3-7(5)14/h1-3H,4H2,(H2,15,16,17,18). The van der Waals surface area contributed by atoms with Gasteiger partial charge in [0.1, 0.15) is 10.3 Å². The Balaban J connectivity index is 2.44. The Morgan fingerprint density at radius 2 is 1.94 bits per heavy atom. The van der Waals surface area contributed by atoms with Crippen molar-refractivity contribution in [3.63, 3.8) is 0 Å². The topological polar surface area (TPSA) is 66.0 Å². The second-order valence-corrected chi connectivity index (χ2v) is 5.13. The lowest BCUT2D eigenvalue weighted by molar-refractivity contribution is 0.444. The molecule has 0 bridgehead atoms. The summed E-state index contributed by atoms with van der Waals surface area (Å²) in [5.74, 6) is -0.0763. The van der Waals surface area contributed by atoms with Gasteiger partial charge in [0, 0.05) is 16.5 Å². The van der Waals surface area contributed by atoms with Gasteiger partial charge in [0.2, 0.25) is 5.88 Å². The number of aromatic amines is 1. The smallest absolute Gasteiger partial charge is 0.269 e. The van der Waals surface area contributed by atoms with Crippen LogP contribution in [0.25, 0.3) is 0 Å². The number of aromatic nitrogens is 2. The van der Waals surface area contributed by atoms with Gasteiger partial charge in [-0.15, -0.1) is 0 Å². The van der Waals surface area contributed by atoms with Gasteiger partial charge in [0.05, 0.1) is 0 Å². The number of H-pyrrole nitrogens is 1. The van der Waals surface area contributed by atoms with Gasteiger partial charge >= 0.3 is 0 Å². The van der Waals surface area contributed by atoms with Crippen LogP contribution in [0.2, 0.25) is 10.0 Å². The third-order valence-corrected chi connectivity index (χ3v) is 3.72. The Bertz CT molecular complexity index is 638. The SMILES string of the molecule is O=c1[nH]c(Cc2c(Cl)cccc2Cl)nc(O)c1Br. The molecule has 0 spiro atoms. The van der Waals surface area contributed by atoms with Crippen LogP contribution >= 0.6 is 39.1 Å². The number of hydrogen-bond acceptors (Lipinski definition) is 3. The van der Waals surface area contributed by atoms with Crippen LogP contribution in [-0.2, 0) is 6.42 Å². The Morgan fingerprint density at radius 3 is 2.50 bits per heavy atom.